The lowest BCUT2D eigenvalue weighted by Crippen LogP contribution is -2.11. The molecular weight excluding hydrogens is 112 g/mol. The molecule has 2 N–H and O–H groups in total. The molecular formula is C7H12N2. The van der Waals surface area contributed by atoms with Gasteiger partial charge in [-0.05, 0) is 11.5 Å². The van der Waals surface area contributed by atoms with Crippen molar-refractivity contribution >= 4 is 6.21 Å². The Hall–Kier alpha value is -0.630. The van der Waals surface area contributed by atoms with Crippen LogP contribution in [0.1, 0.15) is 6.92 Å². The highest BCUT2D eigenvalue weighted by Gasteiger charge is 2.01. The minimum atomic E-state index is 0.577. The molecule has 1 heterocycles. The smallest absolute Gasteiger partial charge is 0.0449 e. The highest BCUT2D eigenvalue weighted by atomic mass is 14.7. The molecule has 1 unspecified atom stereocenters. The normalized spacial score (nSPS) is 26.0. The summed E-state index contributed by atoms with van der Waals surface area (Å²) in [6, 6.07) is 0. The van der Waals surface area contributed by atoms with Crippen LogP contribution in [-0.2, 0) is 0 Å². The van der Waals surface area contributed by atoms with Crippen LogP contribution in [0.3, 0.4) is 0 Å². The van der Waals surface area contributed by atoms with E-state index in [1.165, 1.54) is 0 Å². The van der Waals surface area contributed by atoms with Crippen molar-refractivity contribution in [3.63, 3.8) is 0 Å². The second-order valence-corrected chi connectivity index (χ2v) is 2.42. The molecule has 0 radical (unpaired) electrons. The molecule has 0 amide bonds. The molecule has 0 spiro atoms. The van der Waals surface area contributed by atoms with Gasteiger partial charge in [0.25, 0.3) is 0 Å². The highest BCUT2D eigenvalue weighted by molar-refractivity contribution is 5.79. The summed E-state index contributed by atoms with van der Waals surface area (Å²) in [5, 5.41) is 0. The van der Waals surface area contributed by atoms with Gasteiger partial charge in [-0.3, -0.25) is 4.99 Å². The Labute approximate surface area is 55.5 Å². The molecule has 0 aromatic rings. The zero-order valence-corrected chi connectivity index (χ0v) is 5.67. The minimum absolute atomic E-state index is 0.577. The first-order valence-electron chi connectivity index (χ1n) is 3.23. The van der Waals surface area contributed by atoms with Crippen LogP contribution in [0.5, 0.6) is 0 Å². The molecule has 0 saturated heterocycles. The Morgan fingerprint density at radius 1 is 1.89 bits per heavy atom. The fourth-order valence-corrected chi connectivity index (χ4v) is 0.918. The maximum absolute atomic E-state index is 5.41. The standard InChI is InChI=1S/C7H12N2/c1-6-2-7(3-8)5-9-4-6/h2,5-6H,3-4,8H2,1H3. The molecule has 9 heavy (non-hydrogen) atoms. The van der Waals surface area contributed by atoms with Gasteiger partial charge in [0.2, 0.25) is 0 Å². The topological polar surface area (TPSA) is 38.4 Å². The minimum Gasteiger partial charge on any atom is -0.326 e. The van der Waals surface area contributed by atoms with E-state index in [0.717, 1.165) is 12.1 Å². The zero-order chi connectivity index (χ0) is 6.69. The molecule has 2 heteroatoms. The first-order valence-corrected chi connectivity index (χ1v) is 3.23. The van der Waals surface area contributed by atoms with E-state index in [4.69, 9.17) is 5.73 Å². The molecule has 0 saturated carbocycles. The third-order valence-electron chi connectivity index (χ3n) is 1.38. The van der Waals surface area contributed by atoms with Crippen molar-refractivity contribution in [3.05, 3.63) is 11.6 Å². The van der Waals surface area contributed by atoms with Crippen LogP contribution in [0.25, 0.3) is 0 Å². The number of dihydropyridines is 1. The Morgan fingerprint density at radius 3 is 3.11 bits per heavy atom. The van der Waals surface area contributed by atoms with Crippen molar-refractivity contribution in [3.8, 4) is 0 Å². The van der Waals surface area contributed by atoms with Crippen LogP contribution in [0.15, 0.2) is 16.6 Å². The van der Waals surface area contributed by atoms with Gasteiger partial charge in [0.15, 0.2) is 0 Å². The van der Waals surface area contributed by atoms with Crippen molar-refractivity contribution in [2.24, 2.45) is 16.6 Å². The van der Waals surface area contributed by atoms with E-state index in [1.807, 2.05) is 6.21 Å². The molecule has 0 aromatic heterocycles. The highest BCUT2D eigenvalue weighted by Crippen LogP contribution is 2.05. The van der Waals surface area contributed by atoms with Gasteiger partial charge in [0, 0.05) is 19.3 Å². The zero-order valence-electron chi connectivity index (χ0n) is 5.67. The Morgan fingerprint density at radius 2 is 2.67 bits per heavy atom. The Bertz CT molecular complexity index is 147. The van der Waals surface area contributed by atoms with E-state index in [-0.39, 0.29) is 0 Å². The Kier molecular flexibility index (Phi) is 2.01. The fourth-order valence-electron chi connectivity index (χ4n) is 0.918. The van der Waals surface area contributed by atoms with E-state index in [0.29, 0.717) is 12.5 Å². The Balaban J connectivity index is 2.59. The lowest BCUT2D eigenvalue weighted by Gasteiger charge is -2.08. The van der Waals surface area contributed by atoms with E-state index in [2.05, 4.69) is 18.0 Å². The predicted octanol–water partition coefficient (Wildman–Crippen LogP) is 0.592. The number of hydrogen-bond acceptors (Lipinski definition) is 2. The first kappa shape index (κ1) is 6.49. The molecule has 0 aliphatic carbocycles. The summed E-state index contributed by atoms with van der Waals surface area (Å²) in [6.07, 6.45) is 4.03. The summed E-state index contributed by atoms with van der Waals surface area (Å²) in [6.45, 7) is 3.68. The lowest BCUT2D eigenvalue weighted by molar-refractivity contribution is 0.728. The molecule has 0 bridgehead atoms. The van der Waals surface area contributed by atoms with Gasteiger partial charge in [-0.2, -0.15) is 0 Å². The van der Waals surface area contributed by atoms with Gasteiger partial charge >= 0.3 is 0 Å². The average Bonchev–Trinajstić information content (AvgIpc) is 1.88. The van der Waals surface area contributed by atoms with E-state index in [9.17, 15) is 0 Å². The second kappa shape index (κ2) is 2.78. The maximum Gasteiger partial charge on any atom is 0.0449 e. The molecule has 0 aromatic carbocycles. The third-order valence-corrected chi connectivity index (χ3v) is 1.38. The quantitative estimate of drug-likeness (QED) is 0.546. The van der Waals surface area contributed by atoms with Crippen LogP contribution >= 0.6 is 0 Å². The summed E-state index contributed by atoms with van der Waals surface area (Å²) in [5.74, 6) is 0.577. The van der Waals surface area contributed by atoms with E-state index >= 15 is 0 Å². The van der Waals surface area contributed by atoms with E-state index < -0.39 is 0 Å². The number of rotatable bonds is 1. The van der Waals surface area contributed by atoms with Gasteiger partial charge in [-0.1, -0.05) is 13.0 Å². The van der Waals surface area contributed by atoms with Gasteiger partial charge < -0.3 is 5.73 Å². The molecule has 1 atom stereocenters. The molecule has 1 aliphatic heterocycles. The number of nitrogens with zero attached hydrogens (tertiary/aromatic N) is 1. The lowest BCUT2D eigenvalue weighted by atomic mass is 10.1. The molecule has 50 valence electrons. The van der Waals surface area contributed by atoms with Crippen LogP contribution < -0.4 is 5.73 Å². The summed E-state index contributed by atoms with van der Waals surface area (Å²) >= 11 is 0. The van der Waals surface area contributed by atoms with Gasteiger partial charge in [0.05, 0.1) is 0 Å². The van der Waals surface area contributed by atoms with Gasteiger partial charge in [0.1, 0.15) is 0 Å². The van der Waals surface area contributed by atoms with Crippen LogP contribution in [-0.4, -0.2) is 19.3 Å². The second-order valence-electron chi connectivity index (χ2n) is 2.42. The van der Waals surface area contributed by atoms with Crippen molar-refractivity contribution in [2.45, 2.75) is 6.92 Å². The summed E-state index contributed by atoms with van der Waals surface area (Å²) in [7, 11) is 0. The maximum atomic E-state index is 5.41. The molecule has 1 aliphatic rings. The number of nitrogens with two attached hydrogens (primary N) is 1. The van der Waals surface area contributed by atoms with Crippen LogP contribution in [0.2, 0.25) is 0 Å². The fraction of sp³-hybridized carbons (Fsp3) is 0.571. The number of hydrogen-bond donors (Lipinski definition) is 1. The largest absolute Gasteiger partial charge is 0.326 e. The van der Waals surface area contributed by atoms with Crippen molar-refractivity contribution in [1.29, 1.82) is 0 Å². The number of aliphatic imine (C=N–C) groups is 1. The SMILES string of the molecule is CC1C=C(CN)C=NC1. The third kappa shape index (κ3) is 1.64. The summed E-state index contributed by atoms with van der Waals surface area (Å²) < 4.78 is 0. The van der Waals surface area contributed by atoms with Crippen molar-refractivity contribution < 1.29 is 0 Å². The molecule has 0 fully saturated rings. The average molecular weight is 124 g/mol. The van der Waals surface area contributed by atoms with E-state index in [1.54, 1.807) is 0 Å². The first-order chi connectivity index (χ1) is 4.33. The van der Waals surface area contributed by atoms with Gasteiger partial charge in [-0.25, -0.2) is 0 Å². The van der Waals surface area contributed by atoms with Crippen molar-refractivity contribution in [1.82, 2.24) is 0 Å². The van der Waals surface area contributed by atoms with Crippen LogP contribution in [0, 0.1) is 5.92 Å². The molecule has 2 nitrogen and oxygen atoms in total. The van der Waals surface area contributed by atoms with Gasteiger partial charge in [-0.15, -0.1) is 0 Å². The monoisotopic (exact) mass is 124 g/mol. The molecule has 1 rings (SSSR count). The van der Waals surface area contributed by atoms with Crippen molar-refractivity contribution in [2.75, 3.05) is 13.1 Å². The summed E-state index contributed by atoms with van der Waals surface area (Å²) in [5.41, 5.74) is 6.57. The summed E-state index contributed by atoms with van der Waals surface area (Å²) in [4.78, 5) is 4.14. The van der Waals surface area contributed by atoms with Crippen LogP contribution in [0.4, 0.5) is 0 Å². The predicted molar refractivity (Wildman–Crippen MR) is 39.7 cm³/mol.